The lowest BCUT2D eigenvalue weighted by molar-refractivity contribution is 0.138. The summed E-state index contributed by atoms with van der Waals surface area (Å²) in [6.45, 7) is 8.34. The van der Waals surface area contributed by atoms with Gasteiger partial charge in [-0.3, -0.25) is 0 Å². The Morgan fingerprint density at radius 1 is 1.35 bits per heavy atom. The van der Waals surface area contributed by atoms with Gasteiger partial charge in [-0.25, -0.2) is 4.79 Å². The predicted molar refractivity (Wildman–Crippen MR) is 74.4 cm³/mol. The maximum absolute atomic E-state index is 11.7. The fourth-order valence-electron chi connectivity index (χ4n) is 1.84. The fraction of sp³-hybridized carbons (Fsp3) is 0.786. The van der Waals surface area contributed by atoms with Crippen LogP contribution in [0.3, 0.4) is 0 Å². The smallest absolute Gasteiger partial charge is 0.368 e. The number of allylic oxidation sites excluding steroid dienone is 1. The number of hydrogen-bond donors (Lipinski definition) is 0. The van der Waals surface area contributed by atoms with E-state index in [4.69, 9.17) is 4.74 Å². The minimum atomic E-state index is -0.152. The van der Waals surface area contributed by atoms with Crippen molar-refractivity contribution >= 4 is 17.1 Å². The highest BCUT2D eigenvalue weighted by molar-refractivity contribution is 8.14. The van der Waals surface area contributed by atoms with Crippen LogP contribution >= 0.6 is 11.8 Å². The van der Waals surface area contributed by atoms with Crippen molar-refractivity contribution in [2.75, 3.05) is 0 Å². The van der Waals surface area contributed by atoms with Gasteiger partial charge in [0, 0.05) is 4.75 Å². The molecule has 0 aliphatic heterocycles. The van der Waals surface area contributed by atoms with Crippen molar-refractivity contribution in [1.29, 1.82) is 0 Å². The van der Waals surface area contributed by atoms with E-state index < -0.39 is 0 Å². The van der Waals surface area contributed by atoms with Crippen LogP contribution in [0.5, 0.6) is 0 Å². The van der Waals surface area contributed by atoms with Crippen molar-refractivity contribution in [2.24, 2.45) is 5.92 Å². The Kier molecular flexibility index (Phi) is 5.57. The second-order valence-corrected chi connectivity index (χ2v) is 7.58. The average molecular weight is 256 g/mol. The van der Waals surface area contributed by atoms with Gasteiger partial charge >= 0.3 is 5.30 Å². The van der Waals surface area contributed by atoms with Crippen molar-refractivity contribution < 1.29 is 9.53 Å². The topological polar surface area (TPSA) is 26.3 Å². The first-order valence-electron chi connectivity index (χ1n) is 6.43. The molecule has 0 saturated carbocycles. The highest BCUT2D eigenvalue weighted by Gasteiger charge is 2.21. The van der Waals surface area contributed by atoms with Crippen molar-refractivity contribution in [3.8, 4) is 0 Å². The molecule has 1 rings (SSSR count). The number of thioether (sulfide) groups is 1. The number of carbonyl (C=O) groups is 1. The van der Waals surface area contributed by atoms with Gasteiger partial charge in [-0.15, -0.1) is 0 Å². The van der Waals surface area contributed by atoms with Crippen molar-refractivity contribution in [2.45, 2.75) is 64.2 Å². The maximum Gasteiger partial charge on any atom is 0.368 e. The minimum Gasteiger partial charge on any atom is -0.450 e. The van der Waals surface area contributed by atoms with Crippen LogP contribution in [0.1, 0.15) is 53.4 Å². The van der Waals surface area contributed by atoms with Crippen LogP contribution < -0.4 is 0 Å². The zero-order valence-corrected chi connectivity index (χ0v) is 12.2. The summed E-state index contributed by atoms with van der Waals surface area (Å²) < 4.78 is 5.40. The Morgan fingerprint density at radius 3 is 2.71 bits per heavy atom. The molecular formula is C14H24O2S. The zero-order chi connectivity index (χ0) is 12.9. The molecule has 2 nitrogen and oxygen atoms in total. The van der Waals surface area contributed by atoms with E-state index in [9.17, 15) is 4.79 Å². The zero-order valence-electron chi connectivity index (χ0n) is 11.4. The minimum absolute atomic E-state index is 0.0233. The number of rotatable bonds is 1. The first-order chi connectivity index (χ1) is 7.87. The van der Waals surface area contributed by atoms with Crippen LogP contribution in [0.15, 0.2) is 12.2 Å². The molecule has 0 heterocycles. The fourth-order valence-corrected chi connectivity index (χ4v) is 2.51. The normalized spacial score (nSPS) is 28.0. The third kappa shape index (κ3) is 6.77. The van der Waals surface area contributed by atoms with E-state index in [1.54, 1.807) is 0 Å². The molecule has 17 heavy (non-hydrogen) atoms. The maximum atomic E-state index is 11.7. The highest BCUT2D eigenvalue weighted by atomic mass is 32.2. The van der Waals surface area contributed by atoms with Gasteiger partial charge in [-0.2, -0.15) is 0 Å². The van der Waals surface area contributed by atoms with E-state index in [2.05, 4.69) is 19.1 Å². The number of carbonyl (C=O) groups excluding carboxylic acids is 1. The molecule has 0 saturated heterocycles. The molecule has 0 spiro atoms. The summed E-state index contributed by atoms with van der Waals surface area (Å²) in [6, 6.07) is 0. The lowest BCUT2D eigenvalue weighted by Crippen LogP contribution is -2.19. The van der Waals surface area contributed by atoms with Gasteiger partial charge in [0.25, 0.3) is 0 Å². The Morgan fingerprint density at radius 2 is 2.06 bits per heavy atom. The molecule has 1 aliphatic carbocycles. The van der Waals surface area contributed by atoms with Gasteiger partial charge in [0.05, 0.1) is 0 Å². The largest absolute Gasteiger partial charge is 0.450 e. The van der Waals surface area contributed by atoms with E-state index in [1.807, 2.05) is 20.8 Å². The molecule has 98 valence electrons. The summed E-state index contributed by atoms with van der Waals surface area (Å²) in [5, 5.41) is -0.152. The summed E-state index contributed by atoms with van der Waals surface area (Å²) in [6.07, 6.45) is 8.61. The molecule has 3 heteroatoms. The van der Waals surface area contributed by atoms with E-state index in [0.29, 0.717) is 0 Å². The predicted octanol–water partition coefficient (Wildman–Crippen LogP) is 4.79. The molecule has 0 amide bonds. The second-order valence-electron chi connectivity index (χ2n) is 5.82. The lowest BCUT2D eigenvalue weighted by atomic mass is 9.96. The Bertz CT molecular complexity index is 278. The molecule has 0 aromatic carbocycles. The van der Waals surface area contributed by atoms with Gasteiger partial charge in [0.1, 0.15) is 6.10 Å². The van der Waals surface area contributed by atoms with Gasteiger partial charge in [0.15, 0.2) is 0 Å². The molecule has 1 aliphatic rings. The Hall–Kier alpha value is -0.440. The molecule has 0 aromatic heterocycles. The highest BCUT2D eigenvalue weighted by Crippen LogP contribution is 2.27. The van der Waals surface area contributed by atoms with Crippen molar-refractivity contribution in [1.82, 2.24) is 0 Å². The van der Waals surface area contributed by atoms with Crippen LogP contribution in [-0.2, 0) is 4.74 Å². The molecule has 0 radical (unpaired) electrons. The summed E-state index contributed by atoms with van der Waals surface area (Å²) in [5.41, 5.74) is 0. The second kappa shape index (κ2) is 6.48. The van der Waals surface area contributed by atoms with E-state index in [1.165, 1.54) is 18.2 Å². The standard InChI is InChI=1S/C14H24O2S/c1-11-7-5-9-12(10-6-8-11)16-13(15)17-14(2,3)4/h5,9,11-12H,6-8,10H2,1-4H3/b9-5+. The van der Waals surface area contributed by atoms with Gasteiger partial charge < -0.3 is 4.74 Å². The van der Waals surface area contributed by atoms with Crippen LogP contribution in [0.25, 0.3) is 0 Å². The molecular weight excluding hydrogens is 232 g/mol. The molecule has 2 unspecified atom stereocenters. The van der Waals surface area contributed by atoms with Crippen LogP contribution in [-0.4, -0.2) is 16.2 Å². The third-order valence-electron chi connectivity index (χ3n) is 2.71. The SMILES string of the molecule is CC1C/C=C/C(OC(=O)SC(C)(C)C)CCC1. The van der Waals surface area contributed by atoms with Gasteiger partial charge in [0.2, 0.25) is 0 Å². The monoisotopic (exact) mass is 256 g/mol. The summed E-state index contributed by atoms with van der Waals surface area (Å²) >= 11 is 1.27. The third-order valence-corrected chi connectivity index (χ3v) is 3.59. The Labute approximate surface area is 109 Å². The molecule has 0 fully saturated rings. The molecule has 0 bridgehead atoms. The van der Waals surface area contributed by atoms with E-state index in [0.717, 1.165) is 25.2 Å². The molecule has 2 atom stereocenters. The first-order valence-corrected chi connectivity index (χ1v) is 7.25. The lowest BCUT2D eigenvalue weighted by Gasteiger charge is -2.21. The first kappa shape index (κ1) is 14.6. The Balaban J connectivity index is 2.42. The van der Waals surface area contributed by atoms with Crippen molar-refractivity contribution in [3.05, 3.63) is 12.2 Å². The summed E-state index contributed by atoms with van der Waals surface area (Å²) in [7, 11) is 0. The van der Waals surface area contributed by atoms with E-state index >= 15 is 0 Å². The number of hydrogen-bond acceptors (Lipinski definition) is 3. The van der Waals surface area contributed by atoms with Crippen LogP contribution in [0.2, 0.25) is 0 Å². The van der Waals surface area contributed by atoms with E-state index in [-0.39, 0.29) is 16.2 Å². The molecule has 0 N–H and O–H groups in total. The van der Waals surface area contributed by atoms with Gasteiger partial charge in [-0.05, 0) is 43.0 Å². The average Bonchev–Trinajstić information content (AvgIpc) is 2.10. The number of ether oxygens (including phenoxy) is 1. The van der Waals surface area contributed by atoms with Gasteiger partial charge in [-0.1, -0.05) is 40.2 Å². The van der Waals surface area contributed by atoms with Crippen LogP contribution in [0, 0.1) is 5.92 Å². The summed E-state index contributed by atoms with van der Waals surface area (Å²) in [5.74, 6) is 0.756. The van der Waals surface area contributed by atoms with Crippen LogP contribution in [0.4, 0.5) is 4.79 Å². The quantitative estimate of drug-likeness (QED) is 0.498. The molecule has 0 aromatic rings. The van der Waals surface area contributed by atoms with Crippen molar-refractivity contribution in [3.63, 3.8) is 0 Å². The summed E-state index contributed by atoms with van der Waals surface area (Å²) in [4.78, 5) is 11.7.